The first-order valence-electron chi connectivity index (χ1n) is 6.82. The van der Waals surface area contributed by atoms with Gasteiger partial charge in [-0.15, -0.1) is 11.3 Å². The van der Waals surface area contributed by atoms with Crippen LogP contribution in [0.1, 0.15) is 37.6 Å². The maximum absolute atomic E-state index is 10.5. The number of carboxylic acids is 1. The van der Waals surface area contributed by atoms with Crippen molar-refractivity contribution in [1.29, 1.82) is 0 Å². The first kappa shape index (κ1) is 15.5. The van der Waals surface area contributed by atoms with E-state index in [1.807, 2.05) is 0 Å². The van der Waals surface area contributed by atoms with Crippen LogP contribution >= 0.6 is 11.3 Å². The maximum Gasteiger partial charge on any atom is 0.183 e. The van der Waals surface area contributed by atoms with Crippen molar-refractivity contribution in [3.05, 3.63) is 46.5 Å². The topological polar surface area (TPSA) is 65.0 Å². The van der Waals surface area contributed by atoms with Crippen LogP contribution in [0.25, 0.3) is 0 Å². The molecule has 21 heavy (non-hydrogen) atoms. The van der Waals surface area contributed by atoms with Gasteiger partial charge in [0, 0.05) is 24.3 Å². The van der Waals surface area contributed by atoms with E-state index in [1.165, 1.54) is 22.5 Å². The average molecular weight is 303 g/mol. The molecule has 1 heterocycles. The van der Waals surface area contributed by atoms with Crippen molar-refractivity contribution in [2.45, 2.75) is 39.2 Å². The summed E-state index contributed by atoms with van der Waals surface area (Å²) in [6, 6.07) is 8.48. The number of aromatic nitrogens is 1. The maximum atomic E-state index is 10.5. The van der Waals surface area contributed by atoms with E-state index < -0.39 is 5.97 Å². The first-order chi connectivity index (χ1) is 9.84. The molecule has 4 nitrogen and oxygen atoms in total. The van der Waals surface area contributed by atoms with Gasteiger partial charge in [0.25, 0.3) is 0 Å². The van der Waals surface area contributed by atoms with Gasteiger partial charge in [-0.2, -0.15) is 0 Å². The Kier molecular flexibility index (Phi) is 4.63. The lowest BCUT2D eigenvalue weighted by Gasteiger charge is -2.19. The summed E-state index contributed by atoms with van der Waals surface area (Å²) in [4.78, 5) is 14.7. The Labute approximate surface area is 128 Å². The van der Waals surface area contributed by atoms with Gasteiger partial charge in [-0.1, -0.05) is 45.0 Å². The number of carbonyl (C=O) groups is 1. The molecule has 0 aliphatic heterocycles. The van der Waals surface area contributed by atoms with Gasteiger partial charge in [0.1, 0.15) is 0 Å². The number of anilines is 1. The highest BCUT2D eigenvalue weighted by atomic mass is 32.1. The summed E-state index contributed by atoms with van der Waals surface area (Å²) in [6.45, 7) is 7.24. The van der Waals surface area contributed by atoms with Crippen LogP contribution in [-0.4, -0.2) is 11.0 Å². The van der Waals surface area contributed by atoms with E-state index in [1.54, 1.807) is 5.38 Å². The van der Waals surface area contributed by atoms with Gasteiger partial charge in [0.2, 0.25) is 0 Å². The Balaban J connectivity index is 1.94. The molecule has 0 unspecified atom stereocenters. The van der Waals surface area contributed by atoms with E-state index in [9.17, 15) is 9.90 Å². The fourth-order valence-corrected chi connectivity index (χ4v) is 2.63. The summed E-state index contributed by atoms with van der Waals surface area (Å²) in [5, 5.41) is 16.2. The van der Waals surface area contributed by atoms with Crippen LogP contribution in [0, 0.1) is 0 Å². The Morgan fingerprint density at radius 3 is 2.52 bits per heavy atom. The second-order valence-electron chi connectivity index (χ2n) is 5.99. The third-order valence-electron chi connectivity index (χ3n) is 3.14. The SMILES string of the molecule is CC(C)(C)c1ccc(CNc2nc(CC(=O)[O-])cs2)cc1. The number of nitrogens with zero attached hydrogens (tertiary/aromatic N) is 1. The summed E-state index contributed by atoms with van der Waals surface area (Å²) in [5.74, 6) is -1.11. The highest BCUT2D eigenvalue weighted by Crippen LogP contribution is 2.22. The van der Waals surface area contributed by atoms with Crippen molar-refractivity contribution in [1.82, 2.24) is 4.98 Å². The largest absolute Gasteiger partial charge is 0.550 e. The molecule has 1 aromatic carbocycles. The first-order valence-corrected chi connectivity index (χ1v) is 7.70. The third-order valence-corrected chi connectivity index (χ3v) is 3.99. The van der Waals surface area contributed by atoms with Crippen LogP contribution in [0.3, 0.4) is 0 Å². The number of hydrogen-bond donors (Lipinski definition) is 1. The summed E-state index contributed by atoms with van der Waals surface area (Å²) >= 11 is 1.40. The van der Waals surface area contributed by atoms with E-state index >= 15 is 0 Å². The van der Waals surface area contributed by atoms with Crippen LogP contribution in [0.4, 0.5) is 5.13 Å². The van der Waals surface area contributed by atoms with Crippen LogP contribution in [-0.2, 0) is 23.2 Å². The fourth-order valence-electron chi connectivity index (χ4n) is 1.92. The number of nitrogens with one attached hydrogen (secondary N) is 1. The molecule has 1 aromatic heterocycles. The Bertz CT molecular complexity index is 612. The second kappa shape index (κ2) is 6.26. The number of carbonyl (C=O) groups excluding carboxylic acids is 1. The number of hydrogen-bond acceptors (Lipinski definition) is 5. The van der Waals surface area contributed by atoms with E-state index in [0.29, 0.717) is 12.2 Å². The predicted octanol–water partition coefficient (Wildman–Crippen LogP) is 2.35. The van der Waals surface area contributed by atoms with E-state index in [0.717, 1.165) is 5.13 Å². The minimum absolute atomic E-state index is 0.140. The normalized spacial score (nSPS) is 11.4. The molecular weight excluding hydrogens is 284 g/mol. The molecule has 0 saturated carbocycles. The van der Waals surface area contributed by atoms with Gasteiger partial charge in [-0.3, -0.25) is 0 Å². The molecule has 5 heteroatoms. The van der Waals surface area contributed by atoms with Crippen LogP contribution < -0.4 is 10.4 Å². The molecule has 2 aromatic rings. The van der Waals surface area contributed by atoms with E-state index in [4.69, 9.17) is 0 Å². The molecule has 0 fully saturated rings. The zero-order valence-corrected chi connectivity index (χ0v) is 13.3. The van der Waals surface area contributed by atoms with Gasteiger partial charge >= 0.3 is 0 Å². The summed E-state index contributed by atoms with van der Waals surface area (Å²) in [6.07, 6.45) is -0.140. The van der Waals surface area contributed by atoms with Crippen molar-refractivity contribution in [2.75, 3.05) is 5.32 Å². The van der Waals surface area contributed by atoms with Gasteiger partial charge in [-0.05, 0) is 16.5 Å². The van der Waals surface area contributed by atoms with Crippen LogP contribution in [0.5, 0.6) is 0 Å². The van der Waals surface area contributed by atoms with Crippen molar-refractivity contribution in [3.8, 4) is 0 Å². The van der Waals surface area contributed by atoms with Gasteiger partial charge in [0.15, 0.2) is 5.13 Å². The Morgan fingerprint density at radius 2 is 1.95 bits per heavy atom. The molecular formula is C16H19N2O2S-. The summed E-state index contributed by atoms with van der Waals surface area (Å²) < 4.78 is 0. The lowest BCUT2D eigenvalue weighted by Crippen LogP contribution is -2.24. The number of carboxylic acid groups (broad SMARTS) is 1. The molecule has 0 bridgehead atoms. The van der Waals surface area contributed by atoms with Crippen molar-refractivity contribution in [3.63, 3.8) is 0 Å². The van der Waals surface area contributed by atoms with Crippen molar-refractivity contribution in [2.24, 2.45) is 0 Å². The lowest BCUT2D eigenvalue weighted by atomic mass is 9.87. The summed E-state index contributed by atoms with van der Waals surface area (Å²) in [5.41, 5.74) is 3.16. The zero-order valence-electron chi connectivity index (χ0n) is 12.5. The van der Waals surface area contributed by atoms with Gasteiger partial charge < -0.3 is 15.2 Å². The molecule has 0 radical (unpaired) electrons. The van der Waals surface area contributed by atoms with Crippen molar-refractivity contribution < 1.29 is 9.90 Å². The molecule has 0 aliphatic rings. The molecule has 112 valence electrons. The Hall–Kier alpha value is -1.88. The highest BCUT2D eigenvalue weighted by molar-refractivity contribution is 7.13. The van der Waals surface area contributed by atoms with E-state index in [-0.39, 0.29) is 11.8 Å². The molecule has 0 aliphatic carbocycles. The lowest BCUT2D eigenvalue weighted by molar-refractivity contribution is -0.304. The molecule has 0 atom stereocenters. The third kappa shape index (κ3) is 4.56. The predicted molar refractivity (Wildman–Crippen MR) is 83.3 cm³/mol. The summed E-state index contributed by atoms with van der Waals surface area (Å²) in [7, 11) is 0. The zero-order chi connectivity index (χ0) is 15.5. The number of thiazole rings is 1. The van der Waals surface area contributed by atoms with Gasteiger partial charge in [-0.25, -0.2) is 4.98 Å². The van der Waals surface area contributed by atoms with Gasteiger partial charge in [0.05, 0.1) is 5.69 Å². The monoisotopic (exact) mass is 303 g/mol. The Morgan fingerprint density at radius 1 is 1.29 bits per heavy atom. The number of benzene rings is 1. The highest BCUT2D eigenvalue weighted by Gasteiger charge is 2.12. The quantitative estimate of drug-likeness (QED) is 0.921. The van der Waals surface area contributed by atoms with E-state index in [2.05, 4.69) is 55.3 Å². The molecule has 0 spiro atoms. The molecule has 0 saturated heterocycles. The standard InChI is InChI=1S/C16H20N2O2S/c1-16(2,3)12-6-4-11(5-7-12)9-17-15-18-13(10-21-15)8-14(19)20/h4-7,10H,8-9H2,1-3H3,(H,17,18)(H,19,20)/p-1. The van der Waals surface area contributed by atoms with Crippen LogP contribution in [0.15, 0.2) is 29.6 Å². The molecule has 0 amide bonds. The molecule has 1 N–H and O–H groups in total. The van der Waals surface area contributed by atoms with Crippen LogP contribution in [0.2, 0.25) is 0 Å². The minimum Gasteiger partial charge on any atom is -0.550 e. The molecule has 2 rings (SSSR count). The number of rotatable bonds is 5. The smallest absolute Gasteiger partial charge is 0.183 e. The minimum atomic E-state index is -1.11. The second-order valence-corrected chi connectivity index (χ2v) is 6.85. The average Bonchev–Trinajstić information content (AvgIpc) is 2.82. The fraction of sp³-hybridized carbons (Fsp3) is 0.375. The number of aliphatic carboxylic acids is 1. The van der Waals surface area contributed by atoms with Crippen molar-refractivity contribution >= 4 is 22.4 Å².